The molecule has 6 heteroatoms. The Morgan fingerprint density at radius 2 is 2.33 bits per heavy atom. The van der Waals surface area contributed by atoms with Crippen LogP contribution in [0.2, 0.25) is 0 Å². The first kappa shape index (κ1) is 13.0. The number of hydrogen-bond donors (Lipinski definition) is 0. The van der Waals surface area contributed by atoms with E-state index in [1.807, 2.05) is 13.2 Å². The summed E-state index contributed by atoms with van der Waals surface area (Å²) in [6.45, 7) is 0. The van der Waals surface area contributed by atoms with Crippen LogP contribution in [0.15, 0.2) is 17.8 Å². The van der Waals surface area contributed by atoms with Crippen molar-refractivity contribution < 1.29 is 9.53 Å². The summed E-state index contributed by atoms with van der Waals surface area (Å²) >= 11 is 1.45. The molecule has 3 unspecified atom stereocenters. The molecule has 3 atom stereocenters. The minimum absolute atomic E-state index is 0.111. The highest BCUT2D eigenvalue weighted by Gasteiger charge is 2.41. The van der Waals surface area contributed by atoms with Gasteiger partial charge in [-0.1, -0.05) is 0 Å². The summed E-state index contributed by atoms with van der Waals surface area (Å²) in [6, 6.07) is 0. The lowest BCUT2D eigenvalue weighted by molar-refractivity contribution is 0.0153. The summed E-state index contributed by atoms with van der Waals surface area (Å²) in [7, 11) is 1.86. The van der Waals surface area contributed by atoms with E-state index >= 15 is 0 Å². The number of esters is 1. The van der Waals surface area contributed by atoms with Crippen LogP contribution in [0.25, 0.3) is 10.6 Å². The van der Waals surface area contributed by atoms with E-state index < -0.39 is 0 Å². The number of nitrogens with zero attached hydrogens (tertiary/aromatic N) is 3. The molecule has 2 saturated carbocycles. The lowest BCUT2D eigenvalue weighted by Gasteiger charge is -2.21. The van der Waals surface area contributed by atoms with Crippen LogP contribution in [0.4, 0.5) is 0 Å². The highest BCUT2D eigenvalue weighted by atomic mass is 32.1. The van der Waals surface area contributed by atoms with Crippen LogP contribution >= 0.6 is 11.3 Å². The Balaban J connectivity index is 1.46. The smallest absolute Gasteiger partial charge is 0.358 e. The predicted molar refractivity (Wildman–Crippen MR) is 79.0 cm³/mol. The van der Waals surface area contributed by atoms with Gasteiger partial charge in [0.25, 0.3) is 0 Å². The van der Waals surface area contributed by atoms with Crippen molar-refractivity contribution in [3.8, 4) is 10.6 Å². The van der Waals surface area contributed by atoms with E-state index in [0.29, 0.717) is 11.6 Å². The van der Waals surface area contributed by atoms with Gasteiger partial charge in [-0.05, 0) is 37.5 Å². The molecule has 0 spiro atoms. The third-order valence-corrected chi connectivity index (χ3v) is 5.49. The standard InChI is InChI=1S/C15H17N3O2S/c1-18-7-11(6-16-18)14-17-12(8-21-14)15(19)20-13-5-9-2-3-10(13)4-9/h6-10,13H,2-5H2,1H3. The molecule has 2 fully saturated rings. The third kappa shape index (κ3) is 2.37. The van der Waals surface area contributed by atoms with E-state index in [1.165, 1.54) is 30.6 Å². The monoisotopic (exact) mass is 303 g/mol. The van der Waals surface area contributed by atoms with E-state index in [4.69, 9.17) is 4.74 Å². The Morgan fingerprint density at radius 3 is 3.00 bits per heavy atom. The molecule has 0 radical (unpaired) electrons. The summed E-state index contributed by atoms with van der Waals surface area (Å²) in [5.74, 6) is 1.07. The number of rotatable bonds is 3. The second kappa shape index (κ2) is 4.94. The molecule has 2 bridgehead atoms. The lowest BCUT2D eigenvalue weighted by atomic mass is 9.98. The molecule has 0 amide bonds. The summed E-state index contributed by atoms with van der Waals surface area (Å²) in [4.78, 5) is 16.6. The number of hydrogen-bond acceptors (Lipinski definition) is 5. The van der Waals surface area contributed by atoms with Crippen molar-refractivity contribution >= 4 is 17.3 Å². The minimum Gasteiger partial charge on any atom is -0.457 e. The van der Waals surface area contributed by atoms with Crippen LogP contribution < -0.4 is 0 Å². The van der Waals surface area contributed by atoms with Gasteiger partial charge in [-0.25, -0.2) is 9.78 Å². The number of ether oxygens (including phenoxy) is 1. The van der Waals surface area contributed by atoms with Gasteiger partial charge < -0.3 is 4.74 Å². The molecule has 0 saturated heterocycles. The SMILES string of the molecule is Cn1cc(-c2nc(C(=O)OC3CC4CCC3C4)cs2)cn1. The number of thiazole rings is 1. The number of carbonyl (C=O) groups is 1. The fourth-order valence-electron chi connectivity index (χ4n) is 3.56. The second-order valence-electron chi connectivity index (χ2n) is 6.06. The Bertz CT molecular complexity index is 678. The van der Waals surface area contributed by atoms with Gasteiger partial charge in [0.15, 0.2) is 5.69 Å². The van der Waals surface area contributed by atoms with E-state index in [1.54, 1.807) is 16.3 Å². The zero-order valence-electron chi connectivity index (χ0n) is 11.9. The number of fused-ring (bicyclic) bond motifs is 2. The van der Waals surface area contributed by atoms with Crippen molar-refractivity contribution in [3.05, 3.63) is 23.5 Å². The summed E-state index contributed by atoms with van der Waals surface area (Å²) in [6.07, 6.45) is 8.54. The normalized spacial score (nSPS) is 27.2. The highest BCUT2D eigenvalue weighted by molar-refractivity contribution is 7.13. The van der Waals surface area contributed by atoms with Gasteiger partial charge in [0.2, 0.25) is 0 Å². The van der Waals surface area contributed by atoms with Gasteiger partial charge >= 0.3 is 5.97 Å². The second-order valence-corrected chi connectivity index (χ2v) is 6.92. The summed E-state index contributed by atoms with van der Waals surface area (Å²) in [5, 5.41) is 6.71. The van der Waals surface area contributed by atoms with Gasteiger partial charge in [0.05, 0.1) is 6.20 Å². The summed E-state index contributed by atoms with van der Waals surface area (Å²) in [5.41, 5.74) is 1.35. The van der Waals surface area contributed by atoms with Crippen molar-refractivity contribution in [1.82, 2.24) is 14.8 Å². The van der Waals surface area contributed by atoms with E-state index in [0.717, 1.165) is 22.9 Å². The van der Waals surface area contributed by atoms with Crippen molar-refractivity contribution in [2.75, 3.05) is 0 Å². The molecule has 5 nitrogen and oxygen atoms in total. The zero-order chi connectivity index (χ0) is 14.4. The topological polar surface area (TPSA) is 57.0 Å². The maximum Gasteiger partial charge on any atom is 0.358 e. The van der Waals surface area contributed by atoms with Crippen molar-refractivity contribution in [2.45, 2.75) is 31.8 Å². The van der Waals surface area contributed by atoms with Crippen LogP contribution in [0.5, 0.6) is 0 Å². The Labute approximate surface area is 127 Å². The molecule has 0 aromatic carbocycles. The average molecular weight is 303 g/mol. The van der Waals surface area contributed by atoms with Crippen LogP contribution in [-0.4, -0.2) is 26.8 Å². The molecule has 2 heterocycles. The molecule has 2 aliphatic carbocycles. The van der Waals surface area contributed by atoms with Gasteiger partial charge in [-0.3, -0.25) is 4.68 Å². The lowest BCUT2D eigenvalue weighted by Crippen LogP contribution is -2.24. The molecule has 0 aliphatic heterocycles. The van der Waals surface area contributed by atoms with Gasteiger partial charge in [-0.2, -0.15) is 5.10 Å². The molecule has 2 aromatic heterocycles. The first-order chi connectivity index (χ1) is 10.2. The highest BCUT2D eigenvalue weighted by Crippen LogP contribution is 2.46. The van der Waals surface area contributed by atoms with Crippen LogP contribution in [0.1, 0.15) is 36.2 Å². The Kier molecular flexibility index (Phi) is 3.06. The molecule has 0 N–H and O–H groups in total. The van der Waals surface area contributed by atoms with E-state index in [9.17, 15) is 4.79 Å². The van der Waals surface area contributed by atoms with E-state index in [2.05, 4.69) is 10.1 Å². The Hall–Kier alpha value is -1.69. The van der Waals surface area contributed by atoms with Gasteiger partial charge in [-0.15, -0.1) is 11.3 Å². The van der Waals surface area contributed by atoms with Crippen LogP contribution in [0.3, 0.4) is 0 Å². The number of aromatic nitrogens is 3. The van der Waals surface area contributed by atoms with E-state index in [-0.39, 0.29) is 12.1 Å². The maximum atomic E-state index is 12.2. The average Bonchev–Trinajstić information content (AvgIpc) is 3.22. The quantitative estimate of drug-likeness (QED) is 0.818. The fraction of sp³-hybridized carbons (Fsp3) is 0.533. The van der Waals surface area contributed by atoms with Crippen molar-refractivity contribution in [3.63, 3.8) is 0 Å². The largest absolute Gasteiger partial charge is 0.457 e. The molecule has 2 aromatic rings. The number of aryl methyl sites for hydroxylation is 1. The first-order valence-corrected chi connectivity index (χ1v) is 8.22. The molecule has 21 heavy (non-hydrogen) atoms. The molecular weight excluding hydrogens is 286 g/mol. The van der Waals surface area contributed by atoms with Crippen molar-refractivity contribution in [2.24, 2.45) is 18.9 Å². The zero-order valence-corrected chi connectivity index (χ0v) is 12.7. The molecule has 110 valence electrons. The predicted octanol–water partition coefficient (Wildman–Crippen LogP) is 2.89. The maximum absolute atomic E-state index is 12.2. The van der Waals surface area contributed by atoms with Crippen molar-refractivity contribution in [1.29, 1.82) is 0 Å². The molecular formula is C15H17N3O2S. The van der Waals surface area contributed by atoms with Gasteiger partial charge in [0, 0.05) is 24.2 Å². The fourth-order valence-corrected chi connectivity index (χ4v) is 4.33. The van der Waals surface area contributed by atoms with Crippen LogP contribution in [0, 0.1) is 11.8 Å². The van der Waals surface area contributed by atoms with Gasteiger partial charge in [0.1, 0.15) is 11.1 Å². The number of carbonyl (C=O) groups excluding carboxylic acids is 1. The summed E-state index contributed by atoms with van der Waals surface area (Å²) < 4.78 is 7.40. The Morgan fingerprint density at radius 1 is 1.43 bits per heavy atom. The molecule has 2 aliphatic rings. The third-order valence-electron chi connectivity index (χ3n) is 4.60. The van der Waals surface area contributed by atoms with Crippen LogP contribution in [-0.2, 0) is 11.8 Å². The minimum atomic E-state index is -0.279. The first-order valence-electron chi connectivity index (χ1n) is 7.34. The molecule has 4 rings (SSSR count).